The fourth-order valence-electron chi connectivity index (χ4n) is 5.51. The van der Waals surface area contributed by atoms with Crippen molar-refractivity contribution >= 4 is 34.6 Å². The average Bonchev–Trinajstić information content (AvgIpc) is 3.51. The van der Waals surface area contributed by atoms with Gasteiger partial charge in [-0.25, -0.2) is 0 Å². The molecule has 0 fully saturated rings. The van der Waals surface area contributed by atoms with Gasteiger partial charge in [0, 0.05) is 57.2 Å². The van der Waals surface area contributed by atoms with Gasteiger partial charge < -0.3 is 14.4 Å². The molecule has 2 aliphatic rings. The number of carbonyl (C=O) groups excluding carboxylic acids is 1. The van der Waals surface area contributed by atoms with Crippen LogP contribution in [0.2, 0.25) is 0 Å². The number of hydrogen-bond donors (Lipinski definition) is 0. The summed E-state index contributed by atoms with van der Waals surface area (Å²) in [6.45, 7) is 11.3. The minimum Gasteiger partial charge on any atom is -0.374 e. The molecule has 4 heterocycles. The first-order valence-corrected chi connectivity index (χ1v) is 14.0. The van der Waals surface area contributed by atoms with E-state index in [0.717, 1.165) is 35.4 Å². The van der Waals surface area contributed by atoms with Gasteiger partial charge in [-0.2, -0.15) is 0 Å². The Kier molecular flexibility index (Phi) is 6.94. The molecule has 0 amide bonds. The molecule has 4 nitrogen and oxygen atoms in total. The van der Waals surface area contributed by atoms with Gasteiger partial charge in [-0.05, 0) is 74.6 Å². The minimum atomic E-state index is 0.106. The molecule has 3 aromatic rings. The Labute approximate surface area is 210 Å². The van der Waals surface area contributed by atoms with E-state index >= 15 is 0 Å². The minimum absolute atomic E-state index is 0.106. The number of thiophene rings is 2. The average molecular weight is 496 g/mol. The van der Waals surface area contributed by atoms with Gasteiger partial charge >= 0.3 is 0 Å². The third-order valence-electron chi connectivity index (χ3n) is 7.02. The summed E-state index contributed by atoms with van der Waals surface area (Å²) in [5.74, 6) is 0.564. The summed E-state index contributed by atoms with van der Waals surface area (Å²) in [6.07, 6.45) is 3.20. The van der Waals surface area contributed by atoms with Crippen LogP contribution in [0.5, 0.6) is 0 Å². The zero-order valence-corrected chi connectivity index (χ0v) is 22.0. The monoisotopic (exact) mass is 495 g/mol. The second kappa shape index (κ2) is 9.94. The second-order valence-corrected chi connectivity index (χ2v) is 11.6. The molecule has 0 N–H and O–H groups in total. The number of rotatable bonds is 8. The normalized spacial score (nSPS) is 21.7. The molecule has 1 aromatic carbocycles. The first kappa shape index (κ1) is 23.7. The van der Waals surface area contributed by atoms with Crippen molar-refractivity contribution in [1.29, 1.82) is 0 Å². The zero-order chi connectivity index (χ0) is 23.8. The van der Waals surface area contributed by atoms with Crippen LogP contribution >= 0.6 is 22.7 Å². The van der Waals surface area contributed by atoms with Crippen LogP contribution in [0.25, 0.3) is 20.2 Å². The van der Waals surface area contributed by atoms with E-state index in [1.54, 1.807) is 22.7 Å². The van der Waals surface area contributed by atoms with Crippen molar-refractivity contribution in [2.75, 3.05) is 24.7 Å². The Hall–Kier alpha value is -1.99. The first-order valence-electron chi connectivity index (χ1n) is 12.4. The fourth-order valence-corrected chi connectivity index (χ4v) is 7.42. The highest BCUT2D eigenvalue weighted by molar-refractivity contribution is 7.24. The van der Waals surface area contributed by atoms with Gasteiger partial charge in [0.05, 0.1) is 17.1 Å². The van der Waals surface area contributed by atoms with E-state index in [2.05, 4.69) is 56.9 Å². The van der Waals surface area contributed by atoms with E-state index in [1.165, 1.54) is 32.1 Å². The molecule has 0 spiro atoms. The molecule has 0 saturated heterocycles. The molecule has 0 aliphatic carbocycles. The van der Waals surface area contributed by atoms with Gasteiger partial charge in [0.2, 0.25) is 0 Å². The van der Waals surface area contributed by atoms with Crippen molar-refractivity contribution in [3.05, 3.63) is 52.4 Å². The van der Waals surface area contributed by atoms with Crippen LogP contribution in [0.4, 0.5) is 5.69 Å². The molecule has 0 saturated carbocycles. The molecule has 0 bridgehead atoms. The van der Waals surface area contributed by atoms with E-state index in [9.17, 15) is 4.79 Å². The highest BCUT2D eigenvalue weighted by atomic mass is 32.1. The summed E-state index contributed by atoms with van der Waals surface area (Å²) in [4.78, 5) is 18.1. The molecule has 2 aliphatic heterocycles. The van der Waals surface area contributed by atoms with Gasteiger partial charge in [0.15, 0.2) is 6.29 Å². The van der Waals surface area contributed by atoms with E-state index in [1.807, 2.05) is 12.1 Å². The van der Waals surface area contributed by atoms with Crippen molar-refractivity contribution in [3.8, 4) is 20.2 Å². The molecule has 3 atom stereocenters. The van der Waals surface area contributed by atoms with Crippen LogP contribution in [-0.4, -0.2) is 32.1 Å². The van der Waals surface area contributed by atoms with Gasteiger partial charge in [-0.1, -0.05) is 13.8 Å². The Balaban J connectivity index is 1.62. The predicted molar refractivity (Wildman–Crippen MR) is 142 cm³/mol. The lowest BCUT2D eigenvalue weighted by Gasteiger charge is -2.48. The summed E-state index contributed by atoms with van der Waals surface area (Å²) >= 11 is 3.33. The lowest BCUT2D eigenvalue weighted by Crippen LogP contribution is -2.47. The quantitative estimate of drug-likeness (QED) is 0.300. The number of nitrogens with zero attached hydrogens (tertiary/aromatic N) is 1. The number of carbonyl (C=O) groups is 1. The van der Waals surface area contributed by atoms with Crippen molar-refractivity contribution < 1.29 is 14.3 Å². The molecule has 6 heteroatoms. The van der Waals surface area contributed by atoms with Crippen molar-refractivity contribution in [3.63, 3.8) is 0 Å². The lowest BCUT2D eigenvalue weighted by atomic mass is 9.81. The Morgan fingerprint density at radius 2 is 1.62 bits per heavy atom. The summed E-state index contributed by atoms with van der Waals surface area (Å²) < 4.78 is 12.6. The molecule has 180 valence electrons. The Bertz CT molecular complexity index is 1150. The largest absolute Gasteiger partial charge is 0.374 e. The highest BCUT2D eigenvalue weighted by Gasteiger charge is 2.40. The van der Waals surface area contributed by atoms with E-state index in [4.69, 9.17) is 9.47 Å². The first-order chi connectivity index (χ1) is 16.5. The van der Waals surface area contributed by atoms with Gasteiger partial charge in [-0.3, -0.25) is 4.79 Å². The van der Waals surface area contributed by atoms with Crippen molar-refractivity contribution in [1.82, 2.24) is 0 Å². The lowest BCUT2D eigenvalue weighted by molar-refractivity contribution is 0.0329. The third-order valence-corrected chi connectivity index (χ3v) is 9.36. The van der Waals surface area contributed by atoms with Gasteiger partial charge in [0.25, 0.3) is 0 Å². The topological polar surface area (TPSA) is 38.8 Å². The molecular weight excluding hydrogens is 462 g/mol. The van der Waals surface area contributed by atoms with Crippen LogP contribution in [0.3, 0.4) is 0 Å². The fraction of sp³-hybridized carbons (Fsp3) is 0.464. The Morgan fingerprint density at radius 1 is 0.971 bits per heavy atom. The molecule has 5 rings (SSSR count). The standard InChI is InChI=1S/C28H33NO3S2/c1-5-31-23-11-12-29-22(17(3)4)15-24(32-6-2)21-14-18(13-20(23)28(21)29)25-9-10-27(34-25)26-8-7-19(16-30)33-26/h7-10,13-14,16-17,22-24H,5-6,11-12,15H2,1-4H3. The number of ether oxygens (including phenoxy) is 2. The molecule has 0 radical (unpaired) electrons. The number of aldehydes is 1. The third kappa shape index (κ3) is 4.26. The van der Waals surface area contributed by atoms with Crippen LogP contribution in [-0.2, 0) is 9.47 Å². The summed E-state index contributed by atoms with van der Waals surface area (Å²) in [7, 11) is 0. The molecule has 2 aromatic heterocycles. The van der Waals surface area contributed by atoms with Crippen LogP contribution < -0.4 is 4.90 Å². The van der Waals surface area contributed by atoms with Crippen LogP contribution in [0.15, 0.2) is 36.4 Å². The van der Waals surface area contributed by atoms with Crippen LogP contribution in [0.1, 0.15) is 73.5 Å². The highest BCUT2D eigenvalue weighted by Crippen LogP contribution is 2.51. The maximum atomic E-state index is 11.1. The van der Waals surface area contributed by atoms with Gasteiger partial charge in [0.1, 0.15) is 0 Å². The SMILES string of the molecule is CCOC1CCN2c3c1cc(-c1ccc(-c4ccc(C=O)s4)s1)cc3C(OCC)CC2C(C)C. The second-order valence-electron chi connectivity index (χ2n) is 9.40. The van der Waals surface area contributed by atoms with Crippen molar-refractivity contribution in [2.24, 2.45) is 5.92 Å². The zero-order valence-electron chi connectivity index (χ0n) is 20.4. The summed E-state index contributed by atoms with van der Waals surface area (Å²) in [5.41, 5.74) is 5.20. The number of hydrogen-bond acceptors (Lipinski definition) is 6. The summed E-state index contributed by atoms with van der Waals surface area (Å²) in [6, 6.07) is 13.5. The van der Waals surface area contributed by atoms with Crippen LogP contribution in [0, 0.1) is 5.92 Å². The number of benzene rings is 1. The van der Waals surface area contributed by atoms with E-state index in [0.29, 0.717) is 25.2 Å². The van der Waals surface area contributed by atoms with E-state index in [-0.39, 0.29) is 12.2 Å². The van der Waals surface area contributed by atoms with E-state index < -0.39 is 0 Å². The van der Waals surface area contributed by atoms with Crippen molar-refractivity contribution in [2.45, 2.75) is 58.8 Å². The predicted octanol–water partition coefficient (Wildman–Crippen LogP) is 7.75. The summed E-state index contributed by atoms with van der Waals surface area (Å²) in [5, 5.41) is 0. The maximum Gasteiger partial charge on any atom is 0.160 e. The van der Waals surface area contributed by atoms with Gasteiger partial charge in [-0.15, -0.1) is 22.7 Å². The number of anilines is 1. The smallest absolute Gasteiger partial charge is 0.160 e. The maximum absolute atomic E-state index is 11.1. The Morgan fingerprint density at radius 3 is 2.29 bits per heavy atom. The molecule has 3 unspecified atom stereocenters. The molecule has 34 heavy (non-hydrogen) atoms. The molecular formula is C28H33NO3S2.